The van der Waals surface area contributed by atoms with E-state index in [4.69, 9.17) is 4.74 Å². The molecule has 7 heteroatoms. The lowest BCUT2D eigenvalue weighted by Gasteiger charge is -2.09. The second-order valence-electron chi connectivity index (χ2n) is 7.46. The van der Waals surface area contributed by atoms with Crippen molar-refractivity contribution in [1.82, 2.24) is 15.6 Å². The third-order valence-electron chi connectivity index (χ3n) is 4.90. The molecular weight excluding hydrogens is 422 g/mol. The molecule has 0 bridgehead atoms. The Morgan fingerprint density at radius 1 is 1.03 bits per heavy atom. The number of amides is 2. The number of nitrogens with zero attached hydrogens (tertiary/aromatic N) is 1. The highest BCUT2D eigenvalue weighted by Crippen LogP contribution is 2.21. The standard InChI is InChI=1S/C25H29N3O3S/c1-3-4-15-31-22-11-9-21(10-12-22)25(30)27-16-24(29)26-14-13-19-5-7-20(8-6-19)23-17-32-18(2)28-23/h5-12,17H,3-4,13-16H2,1-2H3,(H,26,29)(H,27,30). The van der Waals surface area contributed by atoms with Gasteiger partial charge in [-0.15, -0.1) is 11.3 Å². The first-order valence-electron chi connectivity index (χ1n) is 10.8. The molecule has 0 unspecified atom stereocenters. The van der Waals surface area contributed by atoms with Gasteiger partial charge in [-0.05, 0) is 49.6 Å². The average molecular weight is 452 g/mol. The molecule has 0 aliphatic heterocycles. The summed E-state index contributed by atoms with van der Waals surface area (Å²) in [5.41, 5.74) is 3.70. The van der Waals surface area contributed by atoms with Gasteiger partial charge in [-0.2, -0.15) is 0 Å². The van der Waals surface area contributed by atoms with Crippen LogP contribution in [0.15, 0.2) is 53.9 Å². The van der Waals surface area contributed by atoms with Gasteiger partial charge in [0, 0.05) is 23.1 Å². The van der Waals surface area contributed by atoms with Crippen molar-refractivity contribution in [3.63, 3.8) is 0 Å². The van der Waals surface area contributed by atoms with E-state index in [9.17, 15) is 9.59 Å². The number of aryl methyl sites for hydroxylation is 1. The molecule has 32 heavy (non-hydrogen) atoms. The molecule has 2 amide bonds. The Morgan fingerprint density at radius 2 is 1.78 bits per heavy atom. The molecule has 2 N–H and O–H groups in total. The first-order chi connectivity index (χ1) is 15.5. The van der Waals surface area contributed by atoms with Gasteiger partial charge in [0.25, 0.3) is 5.91 Å². The molecule has 0 atom stereocenters. The van der Waals surface area contributed by atoms with E-state index in [1.807, 2.05) is 31.2 Å². The lowest BCUT2D eigenvalue weighted by atomic mass is 10.1. The van der Waals surface area contributed by atoms with E-state index < -0.39 is 0 Å². The maximum Gasteiger partial charge on any atom is 0.251 e. The zero-order valence-corrected chi connectivity index (χ0v) is 19.3. The van der Waals surface area contributed by atoms with Crippen molar-refractivity contribution in [2.24, 2.45) is 0 Å². The van der Waals surface area contributed by atoms with Crippen molar-refractivity contribution in [3.8, 4) is 17.0 Å². The van der Waals surface area contributed by atoms with Crippen molar-refractivity contribution in [2.75, 3.05) is 19.7 Å². The van der Waals surface area contributed by atoms with E-state index in [0.29, 0.717) is 18.7 Å². The Bertz CT molecular complexity index is 1010. The van der Waals surface area contributed by atoms with Crippen LogP contribution in [0, 0.1) is 6.92 Å². The number of hydrogen-bond acceptors (Lipinski definition) is 5. The number of hydrogen-bond donors (Lipinski definition) is 2. The van der Waals surface area contributed by atoms with Crippen LogP contribution in [0.3, 0.4) is 0 Å². The fourth-order valence-electron chi connectivity index (χ4n) is 3.05. The number of carbonyl (C=O) groups excluding carboxylic acids is 2. The largest absolute Gasteiger partial charge is 0.494 e. The topological polar surface area (TPSA) is 80.3 Å². The Balaban J connectivity index is 1.36. The van der Waals surface area contributed by atoms with Crippen LogP contribution >= 0.6 is 11.3 Å². The Labute approximate surface area is 193 Å². The zero-order valence-electron chi connectivity index (χ0n) is 18.5. The summed E-state index contributed by atoms with van der Waals surface area (Å²) in [7, 11) is 0. The number of unbranched alkanes of at least 4 members (excludes halogenated alkanes) is 1. The van der Waals surface area contributed by atoms with Gasteiger partial charge in [0.05, 0.1) is 23.9 Å². The van der Waals surface area contributed by atoms with E-state index in [1.54, 1.807) is 35.6 Å². The number of thiazole rings is 1. The van der Waals surface area contributed by atoms with Crippen molar-refractivity contribution in [3.05, 3.63) is 70.0 Å². The zero-order chi connectivity index (χ0) is 22.8. The first-order valence-corrected chi connectivity index (χ1v) is 11.7. The summed E-state index contributed by atoms with van der Waals surface area (Å²) in [5.74, 6) is 0.239. The number of rotatable bonds is 11. The van der Waals surface area contributed by atoms with E-state index in [1.165, 1.54) is 0 Å². The third-order valence-corrected chi connectivity index (χ3v) is 5.67. The SMILES string of the molecule is CCCCOc1ccc(C(=O)NCC(=O)NCCc2ccc(-c3csc(C)n3)cc2)cc1. The molecule has 168 valence electrons. The predicted octanol–water partition coefficient (Wildman–Crippen LogP) is 4.39. The number of benzene rings is 2. The number of nitrogens with one attached hydrogen (secondary N) is 2. The fraction of sp³-hybridized carbons (Fsp3) is 0.320. The van der Waals surface area contributed by atoms with Crippen LogP contribution in [0.5, 0.6) is 5.75 Å². The highest BCUT2D eigenvalue weighted by molar-refractivity contribution is 7.09. The van der Waals surface area contributed by atoms with Gasteiger partial charge < -0.3 is 15.4 Å². The van der Waals surface area contributed by atoms with E-state index in [0.717, 1.165) is 46.8 Å². The monoisotopic (exact) mass is 451 g/mol. The molecule has 1 aromatic heterocycles. The van der Waals surface area contributed by atoms with Gasteiger partial charge in [-0.1, -0.05) is 37.6 Å². The molecule has 0 spiro atoms. The molecule has 0 aliphatic carbocycles. The van der Waals surface area contributed by atoms with Crippen molar-refractivity contribution in [1.29, 1.82) is 0 Å². The van der Waals surface area contributed by atoms with E-state index >= 15 is 0 Å². The van der Waals surface area contributed by atoms with Gasteiger partial charge in [0.15, 0.2) is 0 Å². The van der Waals surface area contributed by atoms with Crippen LogP contribution in [-0.2, 0) is 11.2 Å². The number of aromatic nitrogens is 1. The van der Waals surface area contributed by atoms with Crippen molar-refractivity contribution < 1.29 is 14.3 Å². The molecule has 0 radical (unpaired) electrons. The van der Waals surface area contributed by atoms with Crippen LogP contribution in [0.4, 0.5) is 0 Å². The maximum atomic E-state index is 12.2. The summed E-state index contributed by atoms with van der Waals surface area (Å²) in [4.78, 5) is 28.8. The highest BCUT2D eigenvalue weighted by atomic mass is 32.1. The average Bonchev–Trinajstić information content (AvgIpc) is 3.25. The number of ether oxygens (including phenoxy) is 1. The highest BCUT2D eigenvalue weighted by Gasteiger charge is 2.08. The van der Waals surface area contributed by atoms with Crippen LogP contribution in [0.2, 0.25) is 0 Å². The van der Waals surface area contributed by atoms with E-state index in [-0.39, 0.29) is 18.4 Å². The third kappa shape index (κ3) is 7.20. The Hall–Kier alpha value is -3.19. The van der Waals surface area contributed by atoms with Crippen molar-refractivity contribution >= 4 is 23.2 Å². The molecule has 3 rings (SSSR count). The van der Waals surface area contributed by atoms with Crippen LogP contribution in [0.25, 0.3) is 11.3 Å². The normalized spacial score (nSPS) is 10.6. The first kappa shape index (κ1) is 23.5. The summed E-state index contributed by atoms with van der Waals surface area (Å²) >= 11 is 1.64. The lowest BCUT2D eigenvalue weighted by molar-refractivity contribution is -0.120. The van der Waals surface area contributed by atoms with Gasteiger partial charge >= 0.3 is 0 Å². The molecule has 3 aromatic rings. The Morgan fingerprint density at radius 3 is 2.44 bits per heavy atom. The summed E-state index contributed by atoms with van der Waals surface area (Å²) < 4.78 is 5.59. The quantitative estimate of drug-likeness (QED) is 0.424. The molecule has 0 fully saturated rings. The summed E-state index contributed by atoms with van der Waals surface area (Å²) in [6, 6.07) is 15.1. The van der Waals surface area contributed by atoms with Crippen molar-refractivity contribution in [2.45, 2.75) is 33.1 Å². The van der Waals surface area contributed by atoms with Gasteiger partial charge in [-0.3, -0.25) is 9.59 Å². The second kappa shape index (κ2) is 12.0. The maximum absolute atomic E-state index is 12.2. The van der Waals surface area contributed by atoms with Gasteiger partial charge in [0.1, 0.15) is 5.75 Å². The second-order valence-corrected chi connectivity index (χ2v) is 8.52. The number of carbonyl (C=O) groups is 2. The fourth-order valence-corrected chi connectivity index (χ4v) is 3.67. The molecule has 6 nitrogen and oxygen atoms in total. The predicted molar refractivity (Wildman–Crippen MR) is 128 cm³/mol. The summed E-state index contributed by atoms with van der Waals surface area (Å²) in [6.45, 7) is 5.21. The molecule has 0 saturated carbocycles. The van der Waals surface area contributed by atoms with Crippen LogP contribution in [0.1, 0.15) is 40.7 Å². The molecular formula is C25H29N3O3S. The molecule has 0 aliphatic rings. The van der Waals surface area contributed by atoms with Crippen LogP contribution in [-0.4, -0.2) is 36.5 Å². The van der Waals surface area contributed by atoms with Gasteiger partial charge in [-0.25, -0.2) is 4.98 Å². The molecule has 2 aromatic carbocycles. The summed E-state index contributed by atoms with van der Waals surface area (Å²) in [5, 5.41) is 8.59. The lowest BCUT2D eigenvalue weighted by Crippen LogP contribution is -2.37. The molecule has 0 saturated heterocycles. The summed E-state index contributed by atoms with van der Waals surface area (Å²) in [6.07, 6.45) is 2.78. The smallest absolute Gasteiger partial charge is 0.251 e. The Kier molecular flexibility index (Phi) is 8.80. The van der Waals surface area contributed by atoms with E-state index in [2.05, 4.69) is 27.9 Å². The van der Waals surface area contributed by atoms with Crippen LogP contribution < -0.4 is 15.4 Å². The van der Waals surface area contributed by atoms with Gasteiger partial charge in [0.2, 0.25) is 5.91 Å². The molecule has 1 heterocycles. The minimum atomic E-state index is -0.284. The minimum Gasteiger partial charge on any atom is -0.494 e. The minimum absolute atomic E-state index is 0.0598.